The Morgan fingerprint density at radius 2 is 1.45 bits per heavy atom. The van der Waals surface area contributed by atoms with Gasteiger partial charge in [0.25, 0.3) is 0 Å². The number of carbonyl (C=O) groups is 1. The number of nitrogens with zero attached hydrogens (tertiary/aromatic N) is 1. The Labute approximate surface area is 125 Å². The number of ether oxygens (including phenoxy) is 1. The van der Waals surface area contributed by atoms with Gasteiger partial charge in [0.05, 0.1) is 12.2 Å². The van der Waals surface area contributed by atoms with E-state index in [1.165, 1.54) is 44.9 Å². The highest BCUT2D eigenvalue weighted by Gasteiger charge is 2.25. The van der Waals surface area contributed by atoms with Gasteiger partial charge in [-0.1, -0.05) is 51.9 Å². The lowest BCUT2D eigenvalue weighted by atomic mass is 10.1. The number of unbranched alkanes of at least 4 members (excludes halogenated alkanes) is 7. The summed E-state index contributed by atoms with van der Waals surface area (Å²) < 4.78 is 5.66. The summed E-state index contributed by atoms with van der Waals surface area (Å²) in [6.45, 7) is 7.87. The average molecular weight is 283 g/mol. The lowest BCUT2D eigenvalue weighted by Gasteiger charge is -2.35. The molecule has 3 nitrogen and oxygen atoms in total. The van der Waals surface area contributed by atoms with Crippen LogP contribution in [-0.2, 0) is 9.53 Å². The maximum absolute atomic E-state index is 12.1. The van der Waals surface area contributed by atoms with E-state index in [1.807, 2.05) is 18.7 Å². The van der Waals surface area contributed by atoms with E-state index in [-0.39, 0.29) is 12.2 Å². The van der Waals surface area contributed by atoms with Crippen LogP contribution < -0.4 is 0 Å². The lowest BCUT2D eigenvalue weighted by Crippen LogP contribution is -2.48. The van der Waals surface area contributed by atoms with E-state index in [1.54, 1.807) is 0 Å². The molecular formula is C17H33NO2. The number of rotatable bonds is 9. The Balaban J connectivity index is 2.02. The summed E-state index contributed by atoms with van der Waals surface area (Å²) in [6, 6.07) is 0. The summed E-state index contributed by atoms with van der Waals surface area (Å²) in [5.41, 5.74) is 0. The van der Waals surface area contributed by atoms with Crippen molar-refractivity contribution in [3.05, 3.63) is 0 Å². The summed E-state index contributed by atoms with van der Waals surface area (Å²) in [7, 11) is 0. The molecular weight excluding hydrogens is 250 g/mol. The fraction of sp³-hybridized carbons (Fsp3) is 0.941. The molecule has 0 saturated carbocycles. The number of morpholine rings is 1. The third-order valence-corrected chi connectivity index (χ3v) is 4.02. The Bertz CT molecular complexity index is 258. The molecule has 0 aromatic rings. The number of amides is 1. The molecule has 0 aromatic carbocycles. The molecule has 1 aliphatic rings. The van der Waals surface area contributed by atoms with Crippen LogP contribution in [0.3, 0.4) is 0 Å². The molecule has 0 radical (unpaired) electrons. The van der Waals surface area contributed by atoms with Gasteiger partial charge in [0, 0.05) is 19.5 Å². The summed E-state index contributed by atoms with van der Waals surface area (Å²) in [4.78, 5) is 14.1. The molecule has 20 heavy (non-hydrogen) atoms. The summed E-state index contributed by atoms with van der Waals surface area (Å²) in [6.07, 6.45) is 11.4. The largest absolute Gasteiger partial charge is 0.372 e. The molecule has 0 aromatic heterocycles. The molecule has 1 amide bonds. The summed E-state index contributed by atoms with van der Waals surface area (Å²) in [5.74, 6) is 0.318. The van der Waals surface area contributed by atoms with Crippen molar-refractivity contribution in [2.24, 2.45) is 0 Å². The molecule has 1 fully saturated rings. The third kappa shape index (κ3) is 7.28. The minimum atomic E-state index is 0.182. The first-order chi connectivity index (χ1) is 9.63. The first kappa shape index (κ1) is 17.5. The van der Waals surface area contributed by atoms with Crippen LogP contribution in [0.2, 0.25) is 0 Å². The highest BCUT2D eigenvalue weighted by atomic mass is 16.5. The first-order valence-corrected chi connectivity index (χ1v) is 8.56. The van der Waals surface area contributed by atoms with E-state index >= 15 is 0 Å². The Morgan fingerprint density at radius 3 is 2.00 bits per heavy atom. The Morgan fingerprint density at radius 1 is 0.950 bits per heavy atom. The third-order valence-electron chi connectivity index (χ3n) is 4.02. The molecule has 0 aliphatic carbocycles. The van der Waals surface area contributed by atoms with Crippen LogP contribution in [-0.4, -0.2) is 36.1 Å². The van der Waals surface area contributed by atoms with Gasteiger partial charge in [0.1, 0.15) is 0 Å². The van der Waals surface area contributed by atoms with E-state index in [4.69, 9.17) is 4.74 Å². The highest BCUT2D eigenvalue weighted by Crippen LogP contribution is 2.14. The van der Waals surface area contributed by atoms with Gasteiger partial charge in [0.2, 0.25) is 5.91 Å². The zero-order chi connectivity index (χ0) is 14.8. The Kier molecular flexibility index (Phi) is 8.92. The van der Waals surface area contributed by atoms with Gasteiger partial charge >= 0.3 is 0 Å². The van der Waals surface area contributed by atoms with Gasteiger partial charge in [0.15, 0.2) is 0 Å². The predicted octanol–water partition coefficient (Wildman–Crippen LogP) is 4.15. The van der Waals surface area contributed by atoms with Crippen LogP contribution in [0.1, 0.15) is 78.6 Å². The van der Waals surface area contributed by atoms with Crippen molar-refractivity contribution in [3.8, 4) is 0 Å². The van der Waals surface area contributed by atoms with Gasteiger partial charge in [-0.15, -0.1) is 0 Å². The molecule has 0 N–H and O–H groups in total. The normalized spacial score (nSPS) is 23.1. The van der Waals surface area contributed by atoms with Crippen molar-refractivity contribution >= 4 is 5.91 Å². The van der Waals surface area contributed by atoms with Crippen LogP contribution in [0.25, 0.3) is 0 Å². The highest BCUT2D eigenvalue weighted by molar-refractivity contribution is 5.76. The first-order valence-electron chi connectivity index (χ1n) is 8.56. The van der Waals surface area contributed by atoms with Crippen molar-refractivity contribution in [2.75, 3.05) is 13.1 Å². The van der Waals surface area contributed by atoms with Crippen molar-refractivity contribution in [3.63, 3.8) is 0 Å². The second kappa shape index (κ2) is 10.2. The van der Waals surface area contributed by atoms with Crippen LogP contribution in [0.4, 0.5) is 0 Å². The van der Waals surface area contributed by atoms with Gasteiger partial charge in [-0.3, -0.25) is 4.79 Å². The van der Waals surface area contributed by atoms with E-state index in [0.717, 1.165) is 19.5 Å². The monoisotopic (exact) mass is 283 g/mol. The molecule has 3 heteroatoms. The van der Waals surface area contributed by atoms with Crippen molar-refractivity contribution in [2.45, 2.75) is 90.8 Å². The van der Waals surface area contributed by atoms with Crippen LogP contribution >= 0.6 is 0 Å². The molecule has 2 atom stereocenters. The quantitative estimate of drug-likeness (QED) is 0.595. The van der Waals surface area contributed by atoms with Crippen molar-refractivity contribution in [1.29, 1.82) is 0 Å². The fourth-order valence-corrected chi connectivity index (χ4v) is 2.95. The lowest BCUT2D eigenvalue weighted by molar-refractivity contribution is -0.143. The number of hydrogen-bond donors (Lipinski definition) is 0. The molecule has 1 aliphatic heterocycles. The van der Waals surface area contributed by atoms with Gasteiger partial charge in [-0.05, 0) is 20.3 Å². The van der Waals surface area contributed by atoms with Crippen molar-refractivity contribution in [1.82, 2.24) is 4.90 Å². The second-order valence-corrected chi connectivity index (χ2v) is 6.28. The van der Waals surface area contributed by atoms with E-state index in [2.05, 4.69) is 6.92 Å². The molecule has 2 unspecified atom stereocenters. The predicted molar refractivity (Wildman–Crippen MR) is 83.8 cm³/mol. The summed E-state index contributed by atoms with van der Waals surface area (Å²) >= 11 is 0. The Hall–Kier alpha value is -0.570. The molecule has 1 saturated heterocycles. The fourth-order valence-electron chi connectivity index (χ4n) is 2.95. The van der Waals surface area contributed by atoms with Gasteiger partial charge < -0.3 is 9.64 Å². The molecule has 1 heterocycles. The molecule has 1 rings (SSSR count). The van der Waals surface area contributed by atoms with E-state index in [0.29, 0.717) is 12.3 Å². The van der Waals surface area contributed by atoms with Gasteiger partial charge in [-0.25, -0.2) is 0 Å². The second-order valence-electron chi connectivity index (χ2n) is 6.28. The van der Waals surface area contributed by atoms with Gasteiger partial charge in [-0.2, -0.15) is 0 Å². The zero-order valence-corrected chi connectivity index (χ0v) is 13.7. The smallest absolute Gasteiger partial charge is 0.222 e. The SMILES string of the molecule is CCCCCCCCCCC(=O)N1CC(C)OC(C)C1. The van der Waals surface area contributed by atoms with Crippen molar-refractivity contribution < 1.29 is 9.53 Å². The molecule has 118 valence electrons. The topological polar surface area (TPSA) is 29.5 Å². The maximum Gasteiger partial charge on any atom is 0.222 e. The van der Waals surface area contributed by atoms with E-state index < -0.39 is 0 Å². The minimum absolute atomic E-state index is 0.182. The average Bonchev–Trinajstić information content (AvgIpc) is 2.40. The number of hydrogen-bond acceptors (Lipinski definition) is 2. The van der Waals surface area contributed by atoms with Crippen LogP contribution in [0.5, 0.6) is 0 Å². The van der Waals surface area contributed by atoms with E-state index in [9.17, 15) is 4.79 Å². The standard InChI is InChI=1S/C17H33NO2/c1-4-5-6-7-8-9-10-11-12-17(19)18-13-15(2)20-16(3)14-18/h15-16H,4-14H2,1-3H3. The maximum atomic E-state index is 12.1. The minimum Gasteiger partial charge on any atom is -0.372 e. The number of carbonyl (C=O) groups excluding carboxylic acids is 1. The zero-order valence-electron chi connectivity index (χ0n) is 13.7. The van der Waals surface area contributed by atoms with Crippen LogP contribution in [0.15, 0.2) is 0 Å². The van der Waals surface area contributed by atoms with Crippen LogP contribution in [0, 0.1) is 0 Å². The summed E-state index contributed by atoms with van der Waals surface area (Å²) in [5, 5.41) is 0. The molecule has 0 bridgehead atoms. The molecule has 0 spiro atoms.